The lowest BCUT2D eigenvalue weighted by atomic mass is 10.2. The molecule has 4 N–H and O–H groups in total. The number of ether oxygens (including phenoxy) is 3. The van der Waals surface area contributed by atoms with E-state index in [-0.39, 0.29) is 30.3 Å². The van der Waals surface area contributed by atoms with Crippen LogP contribution in [0.3, 0.4) is 0 Å². The summed E-state index contributed by atoms with van der Waals surface area (Å²) in [5, 5.41) is 7.37. The van der Waals surface area contributed by atoms with Crippen molar-refractivity contribution in [3.05, 3.63) is 84.2 Å². The maximum atomic E-state index is 13.7. The fourth-order valence-electron chi connectivity index (χ4n) is 6.59. The minimum atomic E-state index is -0.574. The topological polar surface area (TPSA) is 157 Å². The van der Waals surface area contributed by atoms with Crippen LogP contribution in [0.5, 0.6) is 17.2 Å². The van der Waals surface area contributed by atoms with Crippen molar-refractivity contribution in [3.8, 4) is 17.2 Å². The first kappa shape index (κ1) is 35.1. The molecular weight excluding hydrogens is 660 g/mol. The van der Waals surface area contributed by atoms with E-state index in [1.54, 1.807) is 12.1 Å². The number of amides is 2. The van der Waals surface area contributed by atoms with E-state index in [0.29, 0.717) is 47.4 Å². The number of nitrogens with zero attached hydrogens (tertiary/aromatic N) is 5. The van der Waals surface area contributed by atoms with Crippen LogP contribution in [0.4, 0.5) is 11.6 Å². The second-order valence-corrected chi connectivity index (χ2v) is 13.0. The Kier molecular flexibility index (Phi) is 11.3. The molecule has 2 saturated heterocycles. The van der Waals surface area contributed by atoms with Crippen LogP contribution in [-0.4, -0.2) is 102 Å². The second-order valence-electron chi connectivity index (χ2n) is 13.0. The highest BCUT2D eigenvalue weighted by molar-refractivity contribution is 6.07. The number of carbonyl (C=O) groups is 2. The number of benzene rings is 2. The van der Waals surface area contributed by atoms with Gasteiger partial charge in [0.25, 0.3) is 11.8 Å². The molecule has 5 aromatic rings. The minimum Gasteiger partial charge on any atom is -0.492 e. The molecule has 7 rings (SSSR count). The molecule has 2 aliphatic rings. The quantitative estimate of drug-likeness (QED) is 0.135. The van der Waals surface area contributed by atoms with E-state index < -0.39 is 11.8 Å². The summed E-state index contributed by atoms with van der Waals surface area (Å²) < 4.78 is 18.2. The van der Waals surface area contributed by atoms with Gasteiger partial charge in [-0.3, -0.25) is 19.4 Å². The van der Waals surface area contributed by atoms with Crippen LogP contribution >= 0.6 is 0 Å². The largest absolute Gasteiger partial charge is 0.492 e. The number of rotatable bonds is 15. The second kappa shape index (κ2) is 16.8. The van der Waals surface area contributed by atoms with E-state index in [4.69, 9.17) is 19.9 Å². The maximum absolute atomic E-state index is 13.7. The van der Waals surface area contributed by atoms with Crippen LogP contribution in [0.1, 0.15) is 46.7 Å². The molecule has 0 saturated carbocycles. The van der Waals surface area contributed by atoms with Crippen molar-refractivity contribution < 1.29 is 23.8 Å². The summed E-state index contributed by atoms with van der Waals surface area (Å²) >= 11 is 0. The predicted octanol–water partition coefficient (Wildman–Crippen LogP) is 4.97. The van der Waals surface area contributed by atoms with Crippen LogP contribution in [-0.2, 0) is 0 Å². The summed E-state index contributed by atoms with van der Waals surface area (Å²) in [5.41, 5.74) is 6.96. The molecule has 5 heterocycles. The molecule has 2 fully saturated rings. The Morgan fingerprint density at radius 1 is 0.615 bits per heavy atom. The van der Waals surface area contributed by atoms with Crippen molar-refractivity contribution in [3.63, 3.8) is 0 Å². The van der Waals surface area contributed by atoms with Gasteiger partial charge < -0.3 is 30.6 Å². The van der Waals surface area contributed by atoms with Crippen LogP contribution in [0.25, 0.3) is 21.8 Å². The van der Waals surface area contributed by atoms with Crippen molar-refractivity contribution in [2.24, 2.45) is 5.73 Å². The molecule has 2 aromatic carbocycles. The summed E-state index contributed by atoms with van der Waals surface area (Å²) in [6, 6.07) is 21.6. The molecule has 0 atom stereocenters. The molecule has 270 valence electrons. The highest BCUT2D eigenvalue weighted by Gasteiger charge is 2.20. The first-order valence-electron chi connectivity index (χ1n) is 18.0. The summed E-state index contributed by atoms with van der Waals surface area (Å²) in [5.74, 6) is 0.944. The minimum absolute atomic E-state index is 0.0384. The summed E-state index contributed by atoms with van der Waals surface area (Å²) in [6.07, 6.45) is 4.83. The highest BCUT2D eigenvalue weighted by Crippen LogP contribution is 2.30. The lowest BCUT2D eigenvalue weighted by molar-refractivity contribution is 0.101. The van der Waals surface area contributed by atoms with Gasteiger partial charge in [-0.2, -0.15) is 0 Å². The number of nitrogens with two attached hydrogens (primary N) is 1. The molecule has 0 spiro atoms. The number of para-hydroxylation sites is 2. The lowest BCUT2D eigenvalue weighted by Gasteiger charge is -2.17. The molecular formula is C39H44N8O5. The van der Waals surface area contributed by atoms with Gasteiger partial charge in [0.1, 0.15) is 60.1 Å². The first-order valence-corrected chi connectivity index (χ1v) is 18.0. The van der Waals surface area contributed by atoms with Crippen LogP contribution in [0.2, 0.25) is 0 Å². The number of hydrogen-bond donors (Lipinski definition) is 3. The van der Waals surface area contributed by atoms with Gasteiger partial charge >= 0.3 is 0 Å². The molecule has 0 bridgehead atoms. The fraction of sp³-hybridized carbons (Fsp3) is 0.359. The zero-order valence-electron chi connectivity index (χ0n) is 29.2. The molecule has 3 aromatic heterocycles. The molecule has 2 amide bonds. The van der Waals surface area contributed by atoms with Crippen LogP contribution in [0, 0.1) is 0 Å². The van der Waals surface area contributed by atoms with Gasteiger partial charge in [0, 0.05) is 54.7 Å². The Balaban J connectivity index is 1.10. The van der Waals surface area contributed by atoms with Gasteiger partial charge in [-0.1, -0.05) is 24.3 Å². The number of pyridine rings is 3. The molecule has 13 nitrogen and oxygen atoms in total. The van der Waals surface area contributed by atoms with Crippen molar-refractivity contribution in [2.75, 3.05) is 76.3 Å². The number of likely N-dealkylation sites (tertiary alicyclic amines) is 2. The zero-order chi connectivity index (χ0) is 35.7. The number of nitrogens with one attached hydrogen (secondary N) is 2. The molecule has 2 aliphatic heterocycles. The van der Waals surface area contributed by atoms with Gasteiger partial charge in [-0.05, 0) is 76.1 Å². The maximum Gasteiger partial charge on any atom is 0.275 e. The Bertz CT molecular complexity index is 1890. The van der Waals surface area contributed by atoms with E-state index in [9.17, 15) is 9.59 Å². The van der Waals surface area contributed by atoms with E-state index in [0.717, 1.165) is 50.0 Å². The highest BCUT2D eigenvalue weighted by atomic mass is 16.5. The van der Waals surface area contributed by atoms with Crippen molar-refractivity contribution in [1.82, 2.24) is 24.8 Å². The molecule has 52 heavy (non-hydrogen) atoms. The first-order chi connectivity index (χ1) is 25.5. The molecule has 13 heteroatoms. The third-order valence-electron chi connectivity index (χ3n) is 9.22. The SMILES string of the molecule is NCCOc1cc(C(=O)Nc2cc(OCCN3CCCC3)c3ccccc3n2)nc(C(=O)Nc2cc(OCCN3CCCC3)c3ccccc3n2)c1. The van der Waals surface area contributed by atoms with E-state index in [2.05, 4.69) is 35.4 Å². The molecule has 0 radical (unpaired) electrons. The third-order valence-corrected chi connectivity index (χ3v) is 9.22. The van der Waals surface area contributed by atoms with Crippen molar-refractivity contribution in [1.29, 1.82) is 0 Å². The fourth-order valence-corrected chi connectivity index (χ4v) is 6.59. The predicted molar refractivity (Wildman–Crippen MR) is 201 cm³/mol. The number of fused-ring (bicyclic) bond motifs is 2. The normalized spacial score (nSPS) is 14.9. The van der Waals surface area contributed by atoms with Crippen LogP contribution in [0.15, 0.2) is 72.8 Å². The third kappa shape index (κ3) is 8.73. The average Bonchev–Trinajstić information content (AvgIpc) is 3.89. The number of anilines is 2. The lowest BCUT2D eigenvalue weighted by Crippen LogP contribution is -2.25. The Hall–Kier alpha value is -5.37. The summed E-state index contributed by atoms with van der Waals surface area (Å²) in [4.78, 5) is 45.9. The zero-order valence-corrected chi connectivity index (χ0v) is 29.2. The number of hydrogen-bond acceptors (Lipinski definition) is 11. The van der Waals surface area contributed by atoms with Gasteiger partial charge in [-0.15, -0.1) is 0 Å². The van der Waals surface area contributed by atoms with Gasteiger partial charge in [0.05, 0.1) is 11.0 Å². The van der Waals surface area contributed by atoms with Gasteiger partial charge in [-0.25, -0.2) is 15.0 Å². The van der Waals surface area contributed by atoms with E-state index in [1.165, 1.54) is 37.8 Å². The smallest absolute Gasteiger partial charge is 0.275 e. The standard InChI is InChI=1S/C39H44N8O5/c40-13-20-50-27-23-32(38(48)44-36-25-34(28-9-1-3-11-30(28)42-36)51-21-18-46-14-5-6-15-46)41-33(24-27)39(49)45-37-26-35(29-10-2-4-12-31(29)43-37)52-22-19-47-16-7-8-17-47/h1-4,9-12,23-26H,5-8,13-22,40H2,(H,42,44,48)(H,43,45,49). The van der Waals surface area contributed by atoms with Gasteiger partial charge in [0.2, 0.25) is 0 Å². The Labute approximate surface area is 302 Å². The number of aromatic nitrogens is 3. The molecule has 0 aliphatic carbocycles. The average molecular weight is 705 g/mol. The van der Waals surface area contributed by atoms with Crippen molar-refractivity contribution in [2.45, 2.75) is 25.7 Å². The molecule has 0 unspecified atom stereocenters. The summed E-state index contributed by atoms with van der Waals surface area (Å²) in [6.45, 7) is 7.42. The van der Waals surface area contributed by atoms with E-state index >= 15 is 0 Å². The number of carbonyl (C=O) groups excluding carboxylic acids is 2. The van der Waals surface area contributed by atoms with Crippen molar-refractivity contribution >= 4 is 45.3 Å². The Morgan fingerprint density at radius 2 is 1.08 bits per heavy atom. The Morgan fingerprint density at radius 3 is 1.54 bits per heavy atom. The van der Waals surface area contributed by atoms with Crippen LogP contribution < -0.4 is 30.6 Å². The summed E-state index contributed by atoms with van der Waals surface area (Å²) in [7, 11) is 0. The monoisotopic (exact) mass is 704 g/mol. The van der Waals surface area contributed by atoms with E-state index in [1.807, 2.05) is 48.5 Å². The van der Waals surface area contributed by atoms with Gasteiger partial charge in [0.15, 0.2) is 0 Å².